The molecule has 8 nitrogen and oxygen atoms in total. The van der Waals surface area contributed by atoms with E-state index in [0.29, 0.717) is 17.1 Å². The molecule has 4 atom stereocenters. The lowest BCUT2D eigenvalue weighted by atomic mass is 9.60. The second kappa shape index (κ2) is 6.69. The summed E-state index contributed by atoms with van der Waals surface area (Å²) in [5, 5.41) is 19.4. The number of hydrogen-bond acceptors (Lipinski definition) is 7. The Hall–Kier alpha value is -2.62. The summed E-state index contributed by atoms with van der Waals surface area (Å²) in [6, 6.07) is 3.23. The van der Waals surface area contributed by atoms with Crippen LogP contribution >= 0.6 is 15.9 Å². The number of aliphatic hydroxyl groups is 1. The monoisotopic (exact) mass is 473 g/mol. The maximum atomic E-state index is 12.9. The van der Waals surface area contributed by atoms with Gasteiger partial charge in [0.05, 0.1) is 22.2 Å². The standard InChI is InChI=1S/C21H16BrNO7/c22-13-6-14(25)17-12(19(13)26)5-11-9(18(17)15-4-1-8(7-24)30-15)2-3-10-16(11)21(28)23(29)20(10)27/h1-2,4,6,10-11,16,18,24,29H,3,5,7H2. The lowest BCUT2D eigenvalue weighted by Gasteiger charge is -2.41. The van der Waals surface area contributed by atoms with Gasteiger partial charge in [-0.3, -0.25) is 24.4 Å². The Kier molecular flexibility index (Phi) is 4.32. The molecule has 0 bridgehead atoms. The van der Waals surface area contributed by atoms with Crippen LogP contribution in [0.5, 0.6) is 0 Å². The third-order valence-electron chi connectivity index (χ3n) is 6.43. The van der Waals surface area contributed by atoms with Crippen molar-refractivity contribution in [2.24, 2.45) is 17.8 Å². The van der Waals surface area contributed by atoms with Crippen molar-refractivity contribution in [2.75, 3.05) is 0 Å². The number of carbonyl (C=O) groups is 4. The van der Waals surface area contributed by atoms with Gasteiger partial charge < -0.3 is 9.52 Å². The van der Waals surface area contributed by atoms with E-state index in [4.69, 9.17) is 4.42 Å². The molecule has 5 rings (SSSR count). The average Bonchev–Trinajstić information content (AvgIpc) is 3.30. The fraction of sp³-hybridized carbons (Fsp3) is 0.333. The Labute approximate surface area is 178 Å². The van der Waals surface area contributed by atoms with Crippen LogP contribution in [0.2, 0.25) is 0 Å². The number of nitrogens with zero attached hydrogens (tertiary/aromatic N) is 1. The van der Waals surface area contributed by atoms with Crippen LogP contribution in [0, 0.1) is 17.8 Å². The van der Waals surface area contributed by atoms with Crippen LogP contribution in [0.1, 0.15) is 30.3 Å². The Morgan fingerprint density at radius 3 is 2.60 bits per heavy atom. The second-order valence-corrected chi connectivity index (χ2v) is 8.70. The molecule has 1 fully saturated rings. The van der Waals surface area contributed by atoms with Crippen molar-refractivity contribution in [1.82, 2.24) is 5.06 Å². The van der Waals surface area contributed by atoms with Crippen molar-refractivity contribution in [1.29, 1.82) is 0 Å². The van der Waals surface area contributed by atoms with Gasteiger partial charge >= 0.3 is 0 Å². The van der Waals surface area contributed by atoms with E-state index >= 15 is 0 Å². The van der Waals surface area contributed by atoms with E-state index in [1.807, 2.05) is 6.08 Å². The van der Waals surface area contributed by atoms with Crippen LogP contribution in [-0.4, -0.2) is 38.8 Å². The first-order chi connectivity index (χ1) is 14.3. The number of Topliss-reactive ketones (excluding diaryl/α,β-unsaturated/α-hetero) is 1. The van der Waals surface area contributed by atoms with Crippen LogP contribution in [0.15, 0.2) is 49.9 Å². The zero-order chi connectivity index (χ0) is 21.3. The molecule has 0 aromatic carbocycles. The molecule has 2 heterocycles. The van der Waals surface area contributed by atoms with Gasteiger partial charge in [0, 0.05) is 17.2 Å². The predicted octanol–water partition coefficient (Wildman–Crippen LogP) is 1.92. The van der Waals surface area contributed by atoms with E-state index in [9.17, 15) is 29.5 Å². The van der Waals surface area contributed by atoms with Gasteiger partial charge in [-0.25, -0.2) is 0 Å². The smallest absolute Gasteiger partial charge is 0.257 e. The van der Waals surface area contributed by atoms with Crippen LogP contribution < -0.4 is 0 Å². The summed E-state index contributed by atoms with van der Waals surface area (Å²) in [4.78, 5) is 50.8. The molecule has 154 valence electrons. The Morgan fingerprint density at radius 1 is 1.13 bits per heavy atom. The van der Waals surface area contributed by atoms with Gasteiger partial charge in [-0.15, -0.1) is 0 Å². The van der Waals surface area contributed by atoms with Crippen molar-refractivity contribution in [3.63, 3.8) is 0 Å². The lowest BCUT2D eigenvalue weighted by molar-refractivity contribution is -0.173. The number of ketones is 2. The third kappa shape index (κ3) is 2.52. The number of imide groups is 1. The number of amides is 2. The van der Waals surface area contributed by atoms with Crippen LogP contribution in [0.4, 0.5) is 0 Å². The number of aliphatic hydroxyl groups excluding tert-OH is 1. The molecular formula is C21H16BrNO7. The summed E-state index contributed by atoms with van der Waals surface area (Å²) in [6.07, 6.45) is 3.41. The molecule has 0 saturated carbocycles. The van der Waals surface area contributed by atoms with Crippen molar-refractivity contribution in [2.45, 2.75) is 25.4 Å². The van der Waals surface area contributed by atoms with Crippen LogP contribution in [-0.2, 0) is 25.8 Å². The molecule has 30 heavy (non-hydrogen) atoms. The SMILES string of the molecule is O=C1C=C(Br)C(=O)C2=C1C(c1ccc(CO)o1)C1=CCC3C(=O)N(O)C(=O)C3C1C2. The normalized spacial score (nSPS) is 30.8. The van der Waals surface area contributed by atoms with Crippen molar-refractivity contribution >= 4 is 39.3 Å². The van der Waals surface area contributed by atoms with Crippen molar-refractivity contribution < 1.29 is 33.9 Å². The van der Waals surface area contributed by atoms with E-state index in [-0.39, 0.29) is 46.1 Å². The highest BCUT2D eigenvalue weighted by Gasteiger charge is 2.56. The molecule has 1 aromatic heterocycles. The minimum atomic E-state index is -0.807. The molecule has 4 unspecified atom stereocenters. The highest BCUT2D eigenvalue weighted by Crippen LogP contribution is 2.55. The number of rotatable bonds is 2. The summed E-state index contributed by atoms with van der Waals surface area (Å²) in [5.41, 5.74) is 1.29. The van der Waals surface area contributed by atoms with Crippen LogP contribution in [0.3, 0.4) is 0 Å². The zero-order valence-corrected chi connectivity index (χ0v) is 17.1. The van der Waals surface area contributed by atoms with Gasteiger partial charge in [0.15, 0.2) is 11.6 Å². The van der Waals surface area contributed by atoms with E-state index in [2.05, 4.69) is 15.9 Å². The molecule has 3 aliphatic carbocycles. The summed E-state index contributed by atoms with van der Waals surface area (Å²) in [6.45, 7) is -0.323. The predicted molar refractivity (Wildman–Crippen MR) is 103 cm³/mol. The molecule has 1 aromatic rings. The summed E-state index contributed by atoms with van der Waals surface area (Å²) >= 11 is 3.14. The molecule has 9 heteroatoms. The molecular weight excluding hydrogens is 458 g/mol. The molecule has 0 spiro atoms. The van der Waals surface area contributed by atoms with E-state index in [1.54, 1.807) is 12.1 Å². The number of hydroxylamine groups is 2. The quantitative estimate of drug-likeness (QED) is 0.291. The highest BCUT2D eigenvalue weighted by atomic mass is 79.9. The molecule has 2 N–H and O–H groups in total. The lowest BCUT2D eigenvalue weighted by Crippen LogP contribution is -2.39. The Morgan fingerprint density at radius 2 is 1.90 bits per heavy atom. The average molecular weight is 474 g/mol. The second-order valence-electron chi connectivity index (χ2n) is 7.84. The summed E-state index contributed by atoms with van der Waals surface area (Å²) in [7, 11) is 0. The van der Waals surface area contributed by atoms with E-state index in [1.165, 1.54) is 6.08 Å². The largest absolute Gasteiger partial charge is 0.463 e. The Bertz CT molecular complexity index is 1120. The first-order valence-corrected chi connectivity index (χ1v) is 10.3. The minimum absolute atomic E-state index is 0.118. The number of hydrogen-bond donors (Lipinski definition) is 2. The van der Waals surface area contributed by atoms with Gasteiger partial charge in [0.1, 0.15) is 18.1 Å². The molecule has 1 saturated heterocycles. The van der Waals surface area contributed by atoms with E-state index in [0.717, 1.165) is 5.57 Å². The molecule has 4 aliphatic rings. The van der Waals surface area contributed by atoms with Gasteiger partial charge in [-0.1, -0.05) is 11.6 Å². The fourth-order valence-electron chi connectivity index (χ4n) is 5.15. The van der Waals surface area contributed by atoms with Gasteiger partial charge in [-0.05, 0) is 46.8 Å². The Balaban J connectivity index is 1.70. The number of fused-ring (bicyclic) bond motifs is 3. The van der Waals surface area contributed by atoms with Gasteiger partial charge in [-0.2, -0.15) is 5.06 Å². The highest BCUT2D eigenvalue weighted by molar-refractivity contribution is 9.12. The number of furan rings is 1. The summed E-state index contributed by atoms with van der Waals surface area (Å²) in [5.74, 6) is -4.06. The third-order valence-corrected chi connectivity index (χ3v) is 7.02. The number of allylic oxidation sites excluding steroid dienone is 6. The first-order valence-electron chi connectivity index (χ1n) is 9.48. The van der Waals surface area contributed by atoms with E-state index < -0.39 is 35.5 Å². The first kappa shape index (κ1) is 19.3. The van der Waals surface area contributed by atoms with Crippen LogP contribution in [0.25, 0.3) is 0 Å². The topological polar surface area (TPSA) is 125 Å². The maximum absolute atomic E-state index is 12.9. The fourth-order valence-corrected chi connectivity index (χ4v) is 5.60. The van der Waals surface area contributed by atoms with Crippen molar-refractivity contribution in [3.05, 3.63) is 57.0 Å². The zero-order valence-electron chi connectivity index (χ0n) is 15.5. The van der Waals surface area contributed by atoms with Crippen molar-refractivity contribution in [3.8, 4) is 0 Å². The van der Waals surface area contributed by atoms with Gasteiger partial charge in [0.2, 0.25) is 0 Å². The molecule has 0 radical (unpaired) electrons. The number of halogens is 1. The molecule has 1 aliphatic heterocycles. The summed E-state index contributed by atoms with van der Waals surface area (Å²) < 4.78 is 5.87. The molecule has 2 amide bonds. The number of carbonyl (C=O) groups excluding carboxylic acids is 4. The minimum Gasteiger partial charge on any atom is -0.463 e. The maximum Gasteiger partial charge on any atom is 0.257 e. The van der Waals surface area contributed by atoms with Gasteiger partial charge in [0.25, 0.3) is 11.8 Å².